The molecule has 0 bridgehead atoms. The van der Waals surface area contributed by atoms with Crippen LogP contribution in [0.3, 0.4) is 0 Å². The van der Waals surface area contributed by atoms with Crippen molar-refractivity contribution in [3.63, 3.8) is 0 Å². The molecule has 2 amide bonds. The first-order valence-corrected chi connectivity index (χ1v) is 8.02. The van der Waals surface area contributed by atoms with E-state index in [1.165, 1.54) is 0 Å². The number of amides is 2. The number of pyridine rings is 1. The molecule has 1 aromatic carbocycles. The van der Waals surface area contributed by atoms with Crippen LogP contribution in [-0.2, 0) is 11.3 Å². The fraction of sp³-hybridized carbons (Fsp3) is 0.263. The fourth-order valence-electron chi connectivity index (χ4n) is 2.37. The Morgan fingerprint density at radius 3 is 2.64 bits per heavy atom. The summed E-state index contributed by atoms with van der Waals surface area (Å²) in [6.07, 6.45) is 3.57. The molecule has 25 heavy (non-hydrogen) atoms. The second kappa shape index (κ2) is 9.18. The van der Waals surface area contributed by atoms with E-state index in [2.05, 4.69) is 10.3 Å². The molecule has 1 atom stereocenters. The summed E-state index contributed by atoms with van der Waals surface area (Å²) in [5.74, 6) is -0.536. The van der Waals surface area contributed by atoms with Gasteiger partial charge < -0.3 is 10.2 Å². The molecular formula is C19H20N4O2. The molecule has 0 radical (unpaired) electrons. The van der Waals surface area contributed by atoms with E-state index in [1.54, 1.807) is 54.5 Å². The molecule has 0 spiro atoms. The second-order valence-corrected chi connectivity index (χ2v) is 5.59. The summed E-state index contributed by atoms with van der Waals surface area (Å²) < 4.78 is 0. The van der Waals surface area contributed by atoms with Gasteiger partial charge in [0.25, 0.3) is 5.91 Å². The van der Waals surface area contributed by atoms with Gasteiger partial charge in [0.15, 0.2) is 0 Å². The van der Waals surface area contributed by atoms with E-state index in [4.69, 9.17) is 5.26 Å². The molecular weight excluding hydrogens is 316 g/mol. The zero-order valence-corrected chi connectivity index (χ0v) is 14.1. The van der Waals surface area contributed by atoms with Crippen LogP contribution in [0.25, 0.3) is 0 Å². The van der Waals surface area contributed by atoms with Crippen molar-refractivity contribution in [2.45, 2.75) is 25.9 Å². The van der Waals surface area contributed by atoms with Crippen LogP contribution in [-0.4, -0.2) is 34.3 Å². The molecule has 1 heterocycles. The van der Waals surface area contributed by atoms with E-state index in [0.29, 0.717) is 18.7 Å². The Morgan fingerprint density at radius 2 is 2.00 bits per heavy atom. The number of benzene rings is 1. The second-order valence-electron chi connectivity index (χ2n) is 5.59. The smallest absolute Gasteiger partial charge is 0.251 e. The summed E-state index contributed by atoms with van der Waals surface area (Å²) >= 11 is 0. The highest BCUT2D eigenvalue weighted by Crippen LogP contribution is 2.07. The molecule has 0 aliphatic rings. The highest BCUT2D eigenvalue weighted by Gasteiger charge is 2.22. The first-order valence-electron chi connectivity index (χ1n) is 8.02. The van der Waals surface area contributed by atoms with Gasteiger partial charge in [-0.05, 0) is 30.7 Å². The van der Waals surface area contributed by atoms with Crippen molar-refractivity contribution in [1.29, 1.82) is 5.26 Å². The minimum Gasteiger partial charge on any atom is -0.341 e. The predicted molar refractivity (Wildman–Crippen MR) is 93.3 cm³/mol. The number of nitrogens with one attached hydrogen (secondary N) is 1. The number of hydrogen-bond donors (Lipinski definition) is 1. The highest BCUT2D eigenvalue weighted by atomic mass is 16.2. The van der Waals surface area contributed by atoms with Crippen molar-refractivity contribution in [1.82, 2.24) is 15.2 Å². The van der Waals surface area contributed by atoms with Gasteiger partial charge in [-0.2, -0.15) is 5.26 Å². The summed E-state index contributed by atoms with van der Waals surface area (Å²) in [5, 5.41) is 11.5. The van der Waals surface area contributed by atoms with Gasteiger partial charge in [-0.3, -0.25) is 14.6 Å². The lowest BCUT2D eigenvalue weighted by molar-refractivity contribution is -0.133. The monoisotopic (exact) mass is 336 g/mol. The SMILES string of the molecule is CC(NC(=O)c1ccccc1)C(=O)N(CCC#N)Cc1cccnc1. The molecule has 0 saturated heterocycles. The summed E-state index contributed by atoms with van der Waals surface area (Å²) in [6, 6.07) is 13.8. The summed E-state index contributed by atoms with van der Waals surface area (Å²) in [7, 11) is 0. The van der Waals surface area contributed by atoms with Crippen LogP contribution in [0.1, 0.15) is 29.3 Å². The number of hydrogen-bond acceptors (Lipinski definition) is 4. The van der Waals surface area contributed by atoms with Gasteiger partial charge in [0.05, 0.1) is 12.5 Å². The molecule has 1 aromatic heterocycles. The molecule has 1 unspecified atom stereocenters. The molecule has 2 aromatic rings. The topological polar surface area (TPSA) is 86.1 Å². The lowest BCUT2D eigenvalue weighted by Crippen LogP contribution is -2.47. The van der Waals surface area contributed by atoms with Crippen molar-refractivity contribution in [3.05, 3.63) is 66.0 Å². The van der Waals surface area contributed by atoms with Crippen LogP contribution in [0, 0.1) is 11.3 Å². The highest BCUT2D eigenvalue weighted by molar-refractivity contribution is 5.97. The number of carbonyl (C=O) groups is 2. The van der Waals surface area contributed by atoms with Gasteiger partial charge in [0.2, 0.25) is 5.91 Å². The van der Waals surface area contributed by atoms with Crippen molar-refractivity contribution < 1.29 is 9.59 Å². The van der Waals surface area contributed by atoms with E-state index in [0.717, 1.165) is 5.56 Å². The van der Waals surface area contributed by atoms with E-state index < -0.39 is 6.04 Å². The summed E-state index contributed by atoms with van der Waals surface area (Å²) in [6.45, 7) is 2.29. The van der Waals surface area contributed by atoms with Gasteiger partial charge in [-0.15, -0.1) is 0 Å². The minimum atomic E-state index is -0.692. The molecule has 128 valence electrons. The average molecular weight is 336 g/mol. The lowest BCUT2D eigenvalue weighted by Gasteiger charge is -2.25. The van der Waals surface area contributed by atoms with Crippen molar-refractivity contribution in [2.75, 3.05) is 6.54 Å². The fourth-order valence-corrected chi connectivity index (χ4v) is 2.37. The first kappa shape index (κ1) is 18.1. The maximum Gasteiger partial charge on any atom is 0.251 e. The Kier molecular flexibility index (Phi) is 6.66. The largest absolute Gasteiger partial charge is 0.341 e. The van der Waals surface area contributed by atoms with Crippen molar-refractivity contribution in [3.8, 4) is 6.07 Å². The van der Waals surface area contributed by atoms with Crippen LogP contribution >= 0.6 is 0 Å². The van der Waals surface area contributed by atoms with Crippen molar-refractivity contribution in [2.24, 2.45) is 0 Å². The normalized spacial score (nSPS) is 11.2. The molecule has 0 saturated carbocycles. The summed E-state index contributed by atoms with van der Waals surface area (Å²) in [4.78, 5) is 30.5. The van der Waals surface area contributed by atoms with E-state index in [1.807, 2.05) is 18.2 Å². The third kappa shape index (κ3) is 5.43. The zero-order chi connectivity index (χ0) is 18.1. The Labute approximate surface area is 147 Å². The summed E-state index contributed by atoms with van der Waals surface area (Å²) in [5.41, 5.74) is 1.37. The van der Waals surface area contributed by atoms with Crippen LogP contribution in [0.2, 0.25) is 0 Å². The molecule has 0 aliphatic heterocycles. The first-order chi connectivity index (χ1) is 12.1. The van der Waals surface area contributed by atoms with E-state index in [-0.39, 0.29) is 18.2 Å². The van der Waals surface area contributed by atoms with Gasteiger partial charge >= 0.3 is 0 Å². The van der Waals surface area contributed by atoms with Crippen molar-refractivity contribution >= 4 is 11.8 Å². The Morgan fingerprint density at radius 1 is 1.24 bits per heavy atom. The maximum absolute atomic E-state index is 12.7. The van der Waals surface area contributed by atoms with Gasteiger partial charge in [-0.25, -0.2) is 0 Å². The minimum absolute atomic E-state index is 0.228. The molecule has 0 aliphatic carbocycles. The lowest BCUT2D eigenvalue weighted by atomic mass is 10.2. The maximum atomic E-state index is 12.7. The Bertz CT molecular complexity index is 741. The quantitative estimate of drug-likeness (QED) is 0.839. The van der Waals surface area contributed by atoms with Crippen LogP contribution in [0.15, 0.2) is 54.9 Å². The third-order valence-electron chi connectivity index (χ3n) is 3.66. The molecule has 2 rings (SSSR count). The van der Waals surface area contributed by atoms with Gasteiger partial charge in [0.1, 0.15) is 6.04 Å². The van der Waals surface area contributed by atoms with Crippen LogP contribution in [0.5, 0.6) is 0 Å². The van der Waals surface area contributed by atoms with Gasteiger partial charge in [0, 0.05) is 31.0 Å². The molecule has 6 nitrogen and oxygen atoms in total. The number of rotatable bonds is 7. The number of nitrogens with zero attached hydrogens (tertiary/aromatic N) is 3. The van der Waals surface area contributed by atoms with E-state index >= 15 is 0 Å². The molecule has 1 N–H and O–H groups in total. The van der Waals surface area contributed by atoms with E-state index in [9.17, 15) is 9.59 Å². The molecule has 6 heteroatoms. The van der Waals surface area contributed by atoms with Gasteiger partial charge in [-0.1, -0.05) is 24.3 Å². The number of nitriles is 1. The number of aromatic nitrogens is 1. The van der Waals surface area contributed by atoms with Crippen LogP contribution in [0.4, 0.5) is 0 Å². The third-order valence-corrected chi connectivity index (χ3v) is 3.66. The molecule has 0 fully saturated rings. The average Bonchev–Trinajstić information content (AvgIpc) is 2.66. The zero-order valence-electron chi connectivity index (χ0n) is 14.1. The van der Waals surface area contributed by atoms with Crippen LogP contribution < -0.4 is 5.32 Å². The number of carbonyl (C=O) groups excluding carboxylic acids is 2. The standard InChI is InChI=1S/C19H20N4O2/c1-15(22-18(24)17-8-3-2-4-9-17)19(25)23(12-6-10-20)14-16-7-5-11-21-13-16/h2-5,7-9,11,13,15H,6,12,14H2,1H3,(H,22,24). The Hall–Kier alpha value is -3.20. The Balaban J connectivity index is 2.04. The predicted octanol–water partition coefficient (Wildman–Crippen LogP) is 2.14.